The minimum atomic E-state index is 0.128. The molecule has 19 heavy (non-hydrogen) atoms. The number of hydrogen-bond donors (Lipinski definition) is 2. The number of rotatable bonds is 2. The zero-order valence-electron chi connectivity index (χ0n) is 10.7. The van der Waals surface area contributed by atoms with Gasteiger partial charge in [0.05, 0.1) is 11.2 Å². The van der Waals surface area contributed by atoms with Gasteiger partial charge in [-0.3, -0.25) is 9.78 Å². The smallest absolute Gasteiger partial charge is 0.222 e. The molecule has 2 N–H and O–H groups in total. The van der Waals surface area contributed by atoms with E-state index in [2.05, 4.69) is 15.6 Å². The number of para-hydroxylation sites is 1. The highest BCUT2D eigenvalue weighted by Crippen LogP contribution is 2.23. The third kappa shape index (κ3) is 2.67. The van der Waals surface area contributed by atoms with Crippen molar-refractivity contribution >= 4 is 22.5 Å². The van der Waals surface area contributed by atoms with Crippen molar-refractivity contribution in [3.63, 3.8) is 0 Å². The summed E-state index contributed by atoms with van der Waals surface area (Å²) in [6.07, 6.45) is 4.35. The van der Waals surface area contributed by atoms with E-state index in [-0.39, 0.29) is 11.9 Å². The molecule has 1 amide bonds. The van der Waals surface area contributed by atoms with Crippen molar-refractivity contribution in [1.82, 2.24) is 10.3 Å². The standard InChI is InChI=1S/C15H17N3O/c19-14-10-12(6-3-8-16-14)18-13-7-1-4-11-5-2-9-17-15(11)13/h1-2,4-5,7,9,12,18H,3,6,8,10H2,(H,16,19). The normalized spacial score (nSPS) is 19.8. The molecule has 1 aliphatic heterocycles. The third-order valence-electron chi connectivity index (χ3n) is 3.48. The monoisotopic (exact) mass is 255 g/mol. The molecule has 0 radical (unpaired) electrons. The maximum absolute atomic E-state index is 11.6. The predicted octanol–water partition coefficient (Wildman–Crippen LogP) is 2.32. The molecule has 1 atom stereocenters. The molecular formula is C15H17N3O. The van der Waals surface area contributed by atoms with E-state index in [1.807, 2.05) is 30.3 Å². The first-order valence-electron chi connectivity index (χ1n) is 6.70. The van der Waals surface area contributed by atoms with Crippen LogP contribution in [-0.4, -0.2) is 23.5 Å². The molecule has 0 spiro atoms. The van der Waals surface area contributed by atoms with E-state index >= 15 is 0 Å². The molecular weight excluding hydrogens is 238 g/mol. The second kappa shape index (κ2) is 5.26. The number of benzene rings is 1. The van der Waals surface area contributed by atoms with E-state index in [0.29, 0.717) is 6.42 Å². The summed E-state index contributed by atoms with van der Waals surface area (Å²) in [5.74, 6) is 0.128. The number of anilines is 1. The maximum Gasteiger partial charge on any atom is 0.222 e. The molecule has 0 aliphatic carbocycles. The number of amides is 1. The van der Waals surface area contributed by atoms with Gasteiger partial charge < -0.3 is 10.6 Å². The van der Waals surface area contributed by atoms with Gasteiger partial charge in [0.2, 0.25) is 5.91 Å². The van der Waals surface area contributed by atoms with Gasteiger partial charge in [0, 0.05) is 30.6 Å². The molecule has 4 heteroatoms. The highest BCUT2D eigenvalue weighted by atomic mass is 16.1. The number of nitrogens with zero attached hydrogens (tertiary/aromatic N) is 1. The number of aromatic nitrogens is 1. The fraction of sp³-hybridized carbons (Fsp3) is 0.333. The van der Waals surface area contributed by atoms with Gasteiger partial charge in [-0.1, -0.05) is 18.2 Å². The number of nitrogens with one attached hydrogen (secondary N) is 2. The fourth-order valence-electron chi connectivity index (χ4n) is 2.54. The topological polar surface area (TPSA) is 54.0 Å². The fourth-order valence-corrected chi connectivity index (χ4v) is 2.54. The van der Waals surface area contributed by atoms with E-state index in [4.69, 9.17) is 0 Å². The highest BCUT2D eigenvalue weighted by molar-refractivity contribution is 5.90. The minimum Gasteiger partial charge on any atom is -0.380 e. The van der Waals surface area contributed by atoms with Crippen LogP contribution in [-0.2, 0) is 4.79 Å². The Kier molecular flexibility index (Phi) is 3.31. The molecule has 1 saturated heterocycles. The summed E-state index contributed by atoms with van der Waals surface area (Å²) in [5, 5.41) is 7.49. The molecule has 1 unspecified atom stereocenters. The largest absolute Gasteiger partial charge is 0.380 e. The molecule has 1 aromatic heterocycles. The van der Waals surface area contributed by atoms with Gasteiger partial charge in [-0.25, -0.2) is 0 Å². The van der Waals surface area contributed by atoms with Crippen LogP contribution in [0.4, 0.5) is 5.69 Å². The lowest BCUT2D eigenvalue weighted by Gasteiger charge is -2.17. The van der Waals surface area contributed by atoms with Crippen LogP contribution in [0.5, 0.6) is 0 Å². The Labute approximate surface area is 112 Å². The highest BCUT2D eigenvalue weighted by Gasteiger charge is 2.17. The maximum atomic E-state index is 11.6. The van der Waals surface area contributed by atoms with Crippen LogP contribution in [0.3, 0.4) is 0 Å². The number of carbonyl (C=O) groups is 1. The van der Waals surface area contributed by atoms with Crippen LogP contribution >= 0.6 is 0 Å². The van der Waals surface area contributed by atoms with Crippen molar-refractivity contribution in [2.24, 2.45) is 0 Å². The average molecular weight is 255 g/mol. The van der Waals surface area contributed by atoms with Crippen molar-refractivity contribution < 1.29 is 4.79 Å². The molecule has 98 valence electrons. The van der Waals surface area contributed by atoms with Crippen LogP contribution in [0.15, 0.2) is 36.5 Å². The molecule has 1 aliphatic rings. The summed E-state index contributed by atoms with van der Waals surface area (Å²) in [4.78, 5) is 16.0. The lowest BCUT2D eigenvalue weighted by Crippen LogP contribution is -2.26. The van der Waals surface area contributed by atoms with E-state index < -0.39 is 0 Å². The van der Waals surface area contributed by atoms with Crippen molar-refractivity contribution in [2.45, 2.75) is 25.3 Å². The first kappa shape index (κ1) is 12.0. The number of fused-ring (bicyclic) bond motifs is 1. The summed E-state index contributed by atoms with van der Waals surface area (Å²) in [6, 6.07) is 10.3. The lowest BCUT2D eigenvalue weighted by atomic mass is 10.1. The number of carbonyl (C=O) groups excluding carboxylic acids is 1. The lowest BCUT2D eigenvalue weighted by molar-refractivity contribution is -0.120. The average Bonchev–Trinajstić information content (AvgIpc) is 2.63. The summed E-state index contributed by atoms with van der Waals surface area (Å²) in [7, 11) is 0. The summed E-state index contributed by atoms with van der Waals surface area (Å²) in [6.45, 7) is 0.783. The van der Waals surface area contributed by atoms with Gasteiger partial charge in [-0.2, -0.15) is 0 Å². The van der Waals surface area contributed by atoms with Crippen LogP contribution in [0, 0.1) is 0 Å². The van der Waals surface area contributed by atoms with Crippen LogP contribution < -0.4 is 10.6 Å². The Hall–Kier alpha value is -2.10. The first-order chi connectivity index (χ1) is 9.33. The first-order valence-corrected chi connectivity index (χ1v) is 6.70. The Balaban J connectivity index is 1.86. The van der Waals surface area contributed by atoms with Crippen molar-refractivity contribution in [1.29, 1.82) is 0 Å². The number of pyridine rings is 1. The SMILES string of the molecule is O=C1CC(Nc2cccc3cccnc23)CCCN1. The molecule has 2 aromatic rings. The Morgan fingerprint density at radius 2 is 2.16 bits per heavy atom. The van der Waals surface area contributed by atoms with E-state index in [0.717, 1.165) is 36.0 Å². The van der Waals surface area contributed by atoms with Crippen LogP contribution in [0.2, 0.25) is 0 Å². The second-order valence-corrected chi connectivity index (χ2v) is 4.92. The van der Waals surface area contributed by atoms with E-state index in [1.54, 1.807) is 6.20 Å². The van der Waals surface area contributed by atoms with Crippen LogP contribution in [0.1, 0.15) is 19.3 Å². The van der Waals surface area contributed by atoms with Gasteiger partial charge >= 0.3 is 0 Å². The van der Waals surface area contributed by atoms with Crippen molar-refractivity contribution in [3.8, 4) is 0 Å². The van der Waals surface area contributed by atoms with Gasteiger partial charge in [-0.05, 0) is 25.0 Å². The van der Waals surface area contributed by atoms with Gasteiger partial charge in [0.1, 0.15) is 0 Å². The van der Waals surface area contributed by atoms with Crippen molar-refractivity contribution in [3.05, 3.63) is 36.5 Å². The molecule has 0 saturated carbocycles. The Bertz CT molecular complexity index is 591. The van der Waals surface area contributed by atoms with Gasteiger partial charge in [0.15, 0.2) is 0 Å². The molecule has 1 aromatic carbocycles. The number of hydrogen-bond acceptors (Lipinski definition) is 3. The Morgan fingerprint density at radius 1 is 1.26 bits per heavy atom. The summed E-state index contributed by atoms with van der Waals surface area (Å²) in [5.41, 5.74) is 1.98. The van der Waals surface area contributed by atoms with E-state index in [1.165, 1.54) is 0 Å². The van der Waals surface area contributed by atoms with Gasteiger partial charge in [0.25, 0.3) is 0 Å². The van der Waals surface area contributed by atoms with Crippen LogP contribution in [0.25, 0.3) is 10.9 Å². The summed E-state index contributed by atoms with van der Waals surface area (Å²) < 4.78 is 0. The van der Waals surface area contributed by atoms with E-state index in [9.17, 15) is 4.79 Å². The Morgan fingerprint density at radius 3 is 3.11 bits per heavy atom. The summed E-state index contributed by atoms with van der Waals surface area (Å²) >= 11 is 0. The van der Waals surface area contributed by atoms with Crippen molar-refractivity contribution in [2.75, 3.05) is 11.9 Å². The van der Waals surface area contributed by atoms with Gasteiger partial charge in [-0.15, -0.1) is 0 Å². The molecule has 3 rings (SSSR count). The second-order valence-electron chi connectivity index (χ2n) is 4.92. The molecule has 2 heterocycles. The molecule has 0 bridgehead atoms. The minimum absolute atomic E-state index is 0.128. The molecule has 1 fully saturated rings. The zero-order chi connectivity index (χ0) is 13.1. The quantitative estimate of drug-likeness (QED) is 0.866. The predicted molar refractivity (Wildman–Crippen MR) is 76.0 cm³/mol. The molecule has 4 nitrogen and oxygen atoms in total. The zero-order valence-corrected chi connectivity index (χ0v) is 10.7. The third-order valence-corrected chi connectivity index (χ3v) is 3.48.